The molecule has 2 heteroatoms. The second kappa shape index (κ2) is 5.29. The highest BCUT2D eigenvalue weighted by molar-refractivity contribution is 5.14. The van der Waals surface area contributed by atoms with Gasteiger partial charge in [-0.1, -0.05) is 30.3 Å². The third kappa shape index (κ3) is 3.05. The van der Waals surface area contributed by atoms with E-state index in [2.05, 4.69) is 47.5 Å². The van der Waals surface area contributed by atoms with Crippen LogP contribution in [0.1, 0.15) is 18.9 Å². The fraction of sp³-hybridized carbons (Fsp3) is 0.538. The molecular formula is C13H20N2. The lowest BCUT2D eigenvalue weighted by atomic mass is 10.1. The third-order valence-electron chi connectivity index (χ3n) is 3.17. The summed E-state index contributed by atoms with van der Waals surface area (Å²) in [6.45, 7) is 6.86. The summed E-state index contributed by atoms with van der Waals surface area (Å²) in [5.74, 6) is 0. The van der Waals surface area contributed by atoms with Gasteiger partial charge in [0.25, 0.3) is 0 Å². The second-order valence-corrected chi connectivity index (χ2v) is 4.34. The number of rotatable bonds is 2. The first-order chi connectivity index (χ1) is 7.36. The van der Waals surface area contributed by atoms with Crippen molar-refractivity contribution in [3.8, 4) is 0 Å². The van der Waals surface area contributed by atoms with Crippen LogP contribution in [-0.4, -0.2) is 30.6 Å². The Kier molecular flexibility index (Phi) is 3.75. The first-order valence-corrected chi connectivity index (χ1v) is 5.85. The van der Waals surface area contributed by atoms with Crippen LogP contribution in [0.25, 0.3) is 0 Å². The fourth-order valence-electron chi connectivity index (χ4n) is 2.11. The van der Waals surface area contributed by atoms with E-state index < -0.39 is 0 Å². The largest absolute Gasteiger partial charge is 0.315 e. The van der Waals surface area contributed by atoms with Crippen molar-refractivity contribution in [2.24, 2.45) is 0 Å². The molecule has 0 amide bonds. The normalized spacial score (nSPS) is 23.7. The van der Waals surface area contributed by atoms with Gasteiger partial charge in [-0.15, -0.1) is 0 Å². The molecule has 0 aromatic heterocycles. The van der Waals surface area contributed by atoms with Crippen LogP contribution in [0.5, 0.6) is 0 Å². The Labute approximate surface area is 92.3 Å². The molecule has 1 heterocycles. The van der Waals surface area contributed by atoms with E-state index in [0.29, 0.717) is 6.04 Å². The van der Waals surface area contributed by atoms with Crippen LogP contribution < -0.4 is 5.32 Å². The zero-order valence-corrected chi connectivity index (χ0v) is 9.45. The highest BCUT2D eigenvalue weighted by atomic mass is 15.2. The first kappa shape index (κ1) is 10.7. The molecule has 0 saturated carbocycles. The van der Waals surface area contributed by atoms with Crippen molar-refractivity contribution in [2.45, 2.75) is 25.9 Å². The Balaban J connectivity index is 1.97. The predicted octanol–water partition coefficient (Wildman–Crippen LogP) is 1.87. The topological polar surface area (TPSA) is 15.3 Å². The quantitative estimate of drug-likeness (QED) is 0.791. The van der Waals surface area contributed by atoms with Gasteiger partial charge in [-0.3, -0.25) is 4.90 Å². The van der Waals surface area contributed by atoms with Gasteiger partial charge in [-0.05, 0) is 25.5 Å². The molecule has 0 radical (unpaired) electrons. The number of hydrogen-bond donors (Lipinski definition) is 1. The summed E-state index contributed by atoms with van der Waals surface area (Å²) in [6.07, 6.45) is 1.26. The Morgan fingerprint density at radius 2 is 2.07 bits per heavy atom. The molecule has 1 fully saturated rings. The monoisotopic (exact) mass is 204 g/mol. The molecule has 1 aliphatic rings. The van der Waals surface area contributed by atoms with Gasteiger partial charge in [0.2, 0.25) is 0 Å². The van der Waals surface area contributed by atoms with E-state index in [1.54, 1.807) is 0 Å². The molecule has 2 rings (SSSR count). The third-order valence-corrected chi connectivity index (χ3v) is 3.17. The Morgan fingerprint density at radius 3 is 2.87 bits per heavy atom. The molecule has 82 valence electrons. The summed E-state index contributed by atoms with van der Waals surface area (Å²) in [6, 6.07) is 11.4. The maximum atomic E-state index is 3.45. The lowest BCUT2D eigenvalue weighted by molar-refractivity contribution is 0.211. The highest BCUT2D eigenvalue weighted by Gasteiger charge is 2.16. The summed E-state index contributed by atoms with van der Waals surface area (Å²) in [4.78, 5) is 2.56. The molecule has 2 nitrogen and oxygen atoms in total. The fourth-order valence-corrected chi connectivity index (χ4v) is 2.11. The van der Waals surface area contributed by atoms with Gasteiger partial charge in [0.1, 0.15) is 0 Å². The number of nitrogens with one attached hydrogen (secondary N) is 1. The van der Waals surface area contributed by atoms with Gasteiger partial charge in [-0.25, -0.2) is 0 Å². The van der Waals surface area contributed by atoms with E-state index in [4.69, 9.17) is 0 Å². The van der Waals surface area contributed by atoms with E-state index in [-0.39, 0.29) is 0 Å². The summed E-state index contributed by atoms with van der Waals surface area (Å²) in [5.41, 5.74) is 1.42. The molecule has 1 aromatic carbocycles. The zero-order chi connectivity index (χ0) is 10.5. The summed E-state index contributed by atoms with van der Waals surface area (Å²) in [7, 11) is 0. The first-order valence-electron chi connectivity index (χ1n) is 5.85. The molecule has 0 spiro atoms. The molecular weight excluding hydrogens is 184 g/mol. The van der Waals surface area contributed by atoms with Crippen molar-refractivity contribution in [3.63, 3.8) is 0 Å². The van der Waals surface area contributed by atoms with Crippen LogP contribution >= 0.6 is 0 Å². The van der Waals surface area contributed by atoms with Crippen molar-refractivity contribution < 1.29 is 0 Å². The van der Waals surface area contributed by atoms with Crippen molar-refractivity contribution in [3.05, 3.63) is 35.9 Å². The average molecular weight is 204 g/mol. The Bertz CT molecular complexity index is 284. The molecule has 1 N–H and O–H groups in total. The van der Waals surface area contributed by atoms with Gasteiger partial charge < -0.3 is 5.32 Å². The standard InChI is InChI=1S/C13H20N2/c1-12-7-8-14-9-10-15(12)11-13-5-3-2-4-6-13/h2-6,12,14H,7-11H2,1H3/t12-/m1/s1. The van der Waals surface area contributed by atoms with E-state index in [9.17, 15) is 0 Å². The highest BCUT2D eigenvalue weighted by Crippen LogP contribution is 2.11. The molecule has 1 aromatic rings. The minimum absolute atomic E-state index is 0.695. The van der Waals surface area contributed by atoms with Crippen LogP contribution in [-0.2, 0) is 6.54 Å². The van der Waals surface area contributed by atoms with Crippen LogP contribution in [0.2, 0.25) is 0 Å². The van der Waals surface area contributed by atoms with Crippen molar-refractivity contribution in [1.29, 1.82) is 0 Å². The van der Waals surface area contributed by atoms with Crippen molar-refractivity contribution in [2.75, 3.05) is 19.6 Å². The summed E-state index contributed by atoms with van der Waals surface area (Å²) in [5, 5.41) is 3.45. The summed E-state index contributed by atoms with van der Waals surface area (Å²) < 4.78 is 0. The lowest BCUT2D eigenvalue weighted by Gasteiger charge is -2.26. The van der Waals surface area contributed by atoms with Crippen molar-refractivity contribution >= 4 is 0 Å². The second-order valence-electron chi connectivity index (χ2n) is 4.34. The maximum absolute atomic E-state index is 3.45. The molecule has 15 heavy (non-hydrogen) atoms. The van der Waals surface area contributed by atoms with Crippen molar-refractivity contribution in [1.82, 2.24) is 10.2 Å². The van der Waals surface area contributed by atoms with Gasteiger partial charge in [-0.2, -0.15) is 0 Å². The predicted molar refractivity (Wildman–Crippen MR) is 63.8 cm³/mol. The minimum atomic E-state index is 0.695. The number of benzene rings is 1. The Hall–Kier alpha value is -0.860. The SMILES string of the molecule is C[C@@H]1CCNCCN1Cc1ccccc1. The lowest BCUT2D eigenvalue weighted by Crippen LogP contribution is -2.33. The zero-order valence-electron chi connectivity index (χ0n) is 9.45. The minimum Gasteiger partial charge on any atom is -0.315 e. The van der Waals surface area contributed by atoms with Crippen LogP contribution in [0.4, 0.5) is 0 Å². The van der Waals surface area contributed by atoms with E-state index in [0.717, 1.165) is 26.2 Å². The smallest absolute Gasteiger partial charge is 0.0237 e. The van der Waals surface area contributed by atoms with Crippen LogP contribution in [0.15, 0.2) is 30.3 Å². The van der Waals surface area contributed by atoms with Crippen LogP contribution in [0, 0.1) is 0 Å². The molecule has 0 aliphatic carbocycles. The van der Waals surface area contributed by atoms with Gasteiger partial charge in [0.05, 0.1) is 0 Å². The van der Waals surface area contributed by atoms with Gasteiger partial charge in [0, 0.05) is 25.7 Å². The molecule has 0 bridgehead atoms. The number of nitrogens with zero attached hydrogens (tertiary/aromatic N) is 1. The molecule has 1 atom stereocenters. The van der Waals surface area contributed by atoms with E-state index in [1.165, 1.54) is 12.0 Å². The molecule has 0 unspecified atom stereocenters. The van der Waals surface area contributed by atoms with E-state index in [1.807, 2.05) is 0 Å². The molecule has 1 saturated heterocycles. The van der Waals surface area contributed by atoms with Crippen LogP contribution in [0.3, 0.4) is 0 Å². The molecule has 1 aliphatic heterocycles. The van der Waals surface area contributed by atoms with E-state index >= 15 is 0 Å². The summed E-state index contributed by atoms with van der Waals surface area (Å²) >= 11 is 0. The maximum Gasteiger partial charge on any atom is 0.0237 e. The average Bonchev–Trinajstić information content (AvgIpc) is 2.46. The Morgan fingerprint density at radius 1 is 1.27 bits per heavy atom. The van der Waals surface area contributed by atoms with Gasteiger partial charge in [0.15, 0.2) is 0 Å². The number of hydrogen-bond acceptors (Lipinski definition) is 2. The van der Waals surface area contributed by atoms with Gasteiger partial charge >= 0.3 is 0 Å².